The summed E-state index contributed by atoms with van der Waals surface area (Å²) in [5.41, 5.74) is 6.89. The molecule has 0 unspecified atom stereocenters. The quantitative estimate of drug-likeness (QED) is 0.692. The van der Waals surface area contributed by atoms with Crippen molar-refractivity contribution in [2.24, 2.45) is 5.73 Å². The van der Waals surface area contributed by atoms with Crippen molar-refractivity contribution in [3.63, 3.8) is 0 Å². The summed E-state index contributed by atoms with van der Waals surface area (Å²) >= 11 is 5.84. The predicted molar refractivity (Wildman–Crippen MR) is 51.0 cm³/mol. The third-order valence-electron chi connectivity index (χ3n) is 1.61. The van der Waals surface area contributed by atoms with Crippen LogP contribution in [0, 0.1) is 0 Å². The molecule has 0 aliphatic carbocycles. The summed E-state index contributed by atoms with van der Waals surface area (Å²) in [6.45, 7) is 3.79. The molecule has 0 radical (unpaired) electrons. The first-order valence-corrected chi connectivity index (χ1v) is 3.89. The summed E-state index contributed by atoms with van der Waals surface area (Å²) in [6, 6.07) is 5.15. The van der Waals surface area contributed by atoms with Crippen LogP contribution in [0.5, 0.6) is 0 Å². The molecule has 12 heavy (non-hydrogen) atoms. The molecule has 0 bridgehead atoms. The Bertz CT molecular complexity index is 309. The van der Waals surface area contributed by atoms with Crippen molar-refractivity contribution < 1.29 is 5.11 Å². The van der Waals surface area contributed by atoms with E-state index in [-0.39, 0.29) is 5.76 Å². The molecule has 0 aliphatic rings. The highest BCUT2D eigenvalue weighted by Crippen LogP contribution is 2.20. The Balaban J connectivity index is 3.10. The molecule has 1 rings (SSSR count). The first kappa shape index (κ1) is 9.10. The second-order valence-corrected chi connectivity index (χ2v) is 2.86. The zero-order chi connectivity index (χ0) is 9.14. The highest BCUT2D eigenvalue weighted by molar-refractivity contribution is 6.31. The average Bonchev–Trinajstić information content (AvgIpc) is 2.04. The Kier molecular flexibility index (Phi) is 2.74. The van der Waals surface area contributed by atoms with Gasteiger partial charge in [-0.15, -0.1) is 0 Å². The van der Waals surface area contributed by atoms with E-state index in [1.165, 1.54) is 0 Å². The molecule has 0 aliphatic heterocycles. The third-order valence-corrected chi connectivity index (χ3v) is 1.96. The zero-order valence-corrected chi connectivity index (χ0v) is 7.30. The van der Waals surface area contributed by atoms with Gasteiger partial charge in [0, 0.05) is 17.1 Å². The number of rotatable bonds is 2. The fraction of sp³-hybridized carbons (Fsp3) is 0.111. The van der Waals surface area contributed by atoms with Crippen molar-refractivity contribution in [2.75, 3.05) is 0 Å². The summed E-state index contributed by atoms with van der Waals surface area (Å²) in [5, 5.41) is 9.59. The first-order chi connectivity index (χ1) is 5.65. The van der Waals surface area contributed by atoms with E-state index < -0.39 is 0 Å². The van der Waals surface area contributed by atoms with Gasteiger partial charge in [0.15, 0.2) is 0 Å². The molecule has 0 fully saturated rings. The van der Waals surface area contributed by atoms with Gasteiger partial charge in [0.05, 0.1) is 0 Å². The molecule has 1 aromatic rings. The number of hydrogen-bond acceptors (Lipinski definition) is 2. The van der Waals surface area contributed by atoms with Crippen molar-refractivity contribution in [2.45, 2.75) is 6.54 Å². The summed E-state index contributed by atoms with van der Waals surface area (Å²) in [7, 11) is 0. The number of benzene rings is 1. The minimum atomic E-state index is 0.0143. The van der Waals surface area contributed by atoms with Gasteiger partial charge >= 0.3 is 0 Å². The predicted octanol–water partition coefficient (Wildman–Crippen LogP) is 2.33. The first-order valence-electron chi connectivity index (χ1n) is 3.52. The smallest absolute Gasteiger partial charge is 0.115 e. The maximum Gasteiger partial charge on any atom is 0.115 e. The molecule has 0 spiro atoms. The molecule has 0 amide bonds. The third kappa shape index (κ3) is 1.78. The van der Waals surface area contributed by atoms with Crippen LogP contribution in [0.25, 0.3) is 5.76 Å². The van der Waals surface area contributed by atoms with Crippen LogP contribution in [0.4, 0.5) is 0 Å². The lowest BCUT2D eigenvalue weighted by Gasteiger charge is -2.03. The van der Waals surface area contributed by atoms with Crippen molar-refractivity contribution in [1.82, 2.24) is 0 Å². The molecule has 0 saturated carbocycles. The second kappa shape index (κ2) is 3.61. The molecule has 2 nitrogen and oxygen atoms in total. The normalized spacial score (nSPS) is 9.83. The SMILES string of the molecule is C=C(O)c1ccc(CN)c(Cl)c1. The van der Waals surface area contributed by atoms with E-state index >= 15 is 0 Å². The van der Waals surface area contributed by atoms with Crippen LogP contribution in [0.3, 0.4) is 0 Å². The standard InChI is InChI=1S/C9H10ClNO/c1-6(12)7-2-3-8(5-11)9(10)4-7/h2-4,12H,1,5,11H2. The van der Waals surface area contributed by atoms with Crippen LogP contribution < -0.4 is 5.73 Å². The molecular weight excluding hydrogens is 174 g/mol. The molecular formula is C9H10ClNO. The van der Waals surface area contributed by atoms with Crippen LogP contribution in [-0.4, -0.2) is 5.11 Å². The maximum absolute atomic E-state index is 9.03. The fourth-order valence-corrected chi connectivity index (χ4v) is 1.15. The van der Waals surface area contributed by atoms with Crippen LogP contribution in [-0.2, 0) is 6.54 Å². The van der Waals surface area contributed by atoms with Crippen LogP contribution in [0.2, 0.25) is 5.02 Å². The van der Waals surface area contributed by atoms with E-state index in [0.717, 1.165) is 5.56 Å². The molecule has 64 valence electrons. The van der Waals surface area contributed by atoms with Gasteiger partial charge in [-0.3, -0.25) is 0 Å². The largest absolute Gasteiger partial charge is 0.508 e. The lowest BCUT2D eigenvalue weighted by molar-refractivity contribution is 0.514. The number of hydrogen-bond donors (Lipinski definition) is 2. The Labute approximate surface area is 76.3 Å². The highest BCUT2D eigenvalue weighted by atomic mass is 35.5. The Morgan fingerprint density at radius 3 is 2.67 bits per heavy atom. The molecule has 0 atom stereocenters. The van der Waals surface area contributed by atoms with Crippen molar-refractivity contribution >= 4 is 17.4 Å². The van der Waals surface area contributed by atoms with E-state index in [2.05, 4.69) is 6.58 Å². The minimum Gasteiger partial charge on any atom is -0.508 e. The van der Waals surface area contributed by atoms with Gasteiger partial charge in [0.2, 0.25) is 0 Å². The van der Waals surface area contributed by atoms with E-state index in [9.17, 15) is 0 Å². The number of aliphatic hydroxyl groups excluding tert-OH is 1. The summed E-state index contributed by atoms with van der Waals surface area (Å²) < 4.78 is 0. The number of aliphatic hydroxyl groups is 1. The van der Waals surface area contributed by atoms with E-state index in [4.69, 9.17) is 22.4 Å². The minimum absolute atomic E-state index is 0.0143. The van der Waals surface area contributed by atoms with Gasteiger partial charge in [-0.2, -0.15) is 0 Å². The van der Waals surface area contributed by atoms with Crippen molar-refractivity contribution in [1.29, 1.82) is 0 Å². The molecule has 0 aromatic heterocycles. The summed E-state index contributed by atoms with van der Waals surface area (Å²) in [4.78, 5) is 0. The second-order valence-electron chi connectivity index (χ2n) is 2.46. The van der Waals surface area contributed by atoms with E-state index in [1.54, 1.807) is 18.2 Å². The fourth-order valence-electron chi connectivity index (χ4n) is 0.892. The van der Waals surface area contributed by atoms with Crippen LogP contribution in [0.1, 0.15) is 11.1 Å². The molecule has 3 heteroatoms. The van der Waals surface area contributed by atoms with Gasteiger partial charge in [-0.05, 0) is 11.6 Å². The lowest BCUT2D eigenvalue weighted by Crippen LogP contribution is -1.97. The van der Waals surface area contributed by atoms with E-state index in [0.29, 0.717) is 17.1 Å². The maximum atomic E-state index is 9.03. The average molecular weight is 184 g/mol. The molecule has 3 N–H and O–H groups in total. The van der Waals surface area contributed by atoms with Crippen LogP contribution in [0.15, 0.2) is 24.8 Å². The monoisotopic (exact) mass is 183 g/mol. The molecule has 0 saturated heterocycles. The lowest BCUT2D eigenvalue weighted by atomic mass is 10.1. The number of nitrogens with two attached hydrogens (primary N) is 1. The van der Waals surface area contributed by atoms with Gasteiger partial charge in [0.25, 0.3) is 0 Å². The number of halogens is 1. The molecule has 1 aromatic carbocycles. The van der Waals surface area contributed by atoms with Crippen molar-refractivity contribution in [3.8, 4) is 0 Å². The van der Waals surface area contributed by atoms with Gasteiger partial charge < -0.3 is 10.8 Å². The Morgan fingerprint density at radius 1 is 1.58 bits per heavy atom. The van der Waals surface area contributed by atoms with E-state index in [1.807, 2.05) is 0 Å². The van der Waals surface area contributed by atoms with Crippen LogP contribution >= 0.6 is 11.6 Å². The van der Waals surface area contributed by atoms with Gasteiger partial charge in [0.1, 0.15) is 5.76 Å². The topological polar surface area (TPSA) is 46.2 Å². The Morgan fingerprint density at radius 2 is 2.25 bits per heavy atom. The zero-order valence-electron chi connectivity index (χ0n) is 6.55. The highest BCUT2D eigenvalue weighted by Gasteiger charge is 2.01. The van der Waals surface area contributed by atoms with Gasteiger partial charge in [-0.25, -0.2) is 0 Å². The van der Waals surface area contributed by atoms with Crippen molar-refractivity contribution in [3.05, 3.63) is 40.9 Å². The van der Waals surface area contributed by atoms with Gasteiger partial charge in [-0.1, -0.05) is 30.3 Å². The Hall–Kier alpha value is -0.990. The summed E-state index contributed by atoms with van der Waals surface area (Å²) in [6.07, 6.45) is 0. The molecule has 0 heterocycles. The summed E-state index contributed by atoms with van der Waals surface area (Å²) in [5.74, 6) is 0.0143.